The molecular formula is C21H20N2O3S. The first-order valence-corrected chi connectivity index (χ1v) is 9.84. The molecule has 0 aliphatic rings. The molecular weight excluding hydrogens is 360 g/mol. The van der Waals surface area contributed by atoms with Crippen molar-refractivity contribution in [3.63, 3.8) is 0 Å². The van der Waals surface area contributed by atoms with Crippen LogP contribution in [0.3, 0.4) is 0 Å². The van der Waals surface area contributed by atoms with Crippen LogP contribution in [-0.4, -0.2) is 21.4 Å². The molecule has 0 saturated carbocycles. The number of anilines is 2. The van der Waals surface area contributed by atoms with Crippen molar-refractivity contribution >= 4 is 27.3 Å². The van der Waals surface area contributed by atoms with Gasteiger partial charge in [-0.3, -0.25) is 9.10 Å². The van der Waals surface area contributed by atoms with Gasteiger partial charge >= 0.3 is 0 Å². The number of carbonyl (C=O) groups excluding carboxylic acids is 1. The summed E-state index contributed by atoms with van der Waals surface area (Å²) in [6.07, 6.45) is 0. The van der Waals surface area contributed by atoms with Crippen LogP contribution in [0.15, 0.2) is 83.8 Å². The van der Waals surface area contributed by atoms with Crippen LogP contribution in [-0.2, 0) is 10.0 Å². The summed E-state index contributed by atoms with van der Waals surface area (Å²) in [5, 5.41) is 2.76. The van der Waals surface area contributed by atoms with Crippen LogP contribution in [0.5, 0.6) is 0 Å². The van der Waals surface area contributed by atoms with Gasteiger partial charge < -0.3 is 5.32 Å². The molecule has 3 aromatic carbocycles. The van der Waals surface area contributed by atoms with Crippen molar-refractivity contribution in [3.05, 3.63) is 90.0 Å². The number of benzene rings is 3. The predicted molar refractivity (Wildman–Crippen MR) is 108 cm³/mol. The second kappa shape index (κ2) is 7.63. The highest BCUT2D eigenvalue weighted by Crippen LogP contribution is 2.23. The zero-order valence-electron chi connectivity index (χ0n) is 15.1. The van der Waals surface area contributed by atoms with E-state index in [9.17, 15) is 13.2 Å². The Bertz CT molecular complexity index is 1060. The topological polar surface area (TPSA) is 66.5 Å². The fraction of sp³-hybridized carbons (Fsp3) is 0.0952. The van der Waals surface area contributed by atoms with Crippen molar-refractivity contribution in [3.8, 4) is 0 Å². The Morgan fingerprint density at radius 3 is 2.30 bits per heavy atom. The third kappa shape index (κ3) is 4.17. The molecule has 0 bridgehead atoms. The maximum atomic E-state index is 13.0. The molecule has 138 valence electrons. The fourth-order valence-electron chi connectivity index (χ4n) is 2.64. The van der Waals surface area contributed by atoms with E-state index >= 15 is 0 Å². The Morgan fingerprint density at radius 2 is 1.59 bits per heavy atom. The lowest BCUT2D eigenvalue weighted by Crippen LogP contribution is -2.27. The van der Waals surface area contributed by atoms with Crippen LogP contribution < -0.4 is 9.62 Å². The molecule has 0 radical (unpaired) electrons. The number of aryl methyl sites for hydroxylation is 1. The van der Waals surface area contributed by atoms with Gasteiger partial charge in [0.25, 0.3) is 15.9 Å². The predicted octanol–water partition coefficient (Wildman–Crippen LogP) is 4.07. The lowest BCUT2D eigenvalue weighted by molar-refractivity contribution is 0.102. The minimum atomic E-state index is -3.78. The molecule has 5 nitrogen and oxygen atoms in total. The van der Waals surface area contributed by atoms with Gasteiger partial charge in [0.2, 0.25) is 0 Å². The molecule has 0 spiro atoms. The molecule has 3 aromatic rings. The zero-order valence-corrected chi connectivity index (χ0v) is 15.9. The second-order valence-electron chi connectivity index (χ2n) is 6.16. The van der Waals surface area contributed by atoms with E-state index in [1.165, 1.54) is 23.5 Å². The zero-order chi connectivity index (χ0) is 19.4. The van der Waals surface area contributed by atoms with E-state index in [4.69, 9.17) is 0 Å². The Kier molecular flexibility index (Phi) is 5.28. The Balaban J connectivity index is 1.88. The molecule has 0 heterocycles. The standard InChI is InChI=1S/C21H20N2O3S/c1-16-8-6-12-19(14-16)23(2)27(25,26)20-13-7-9-17(15-20)21(24)22-18-10-4-3-5-11-18/h3-15H,1-2H3,(H,22,24). The summed E-state index contributed by atoms with van der Waals surface area (Å²) in [5.41, 5.74) is 2.45. The first-order valence-electron chi connectivity index (χ1n) is 8.40. The van der Waals surface area contributed by atoms with Gasteiger partial charge in [0, 0.05) is 18.3 Å². The van der Waals surface area contributed by atoms with E-state index in [0.29, 0.717) is 11.4 Å². The minimum absolute atomic E-state index is 0.0622. The number of amides is 1. The molecule has 1 N–H and O–H groups in total. The molecule has 27 heavy (non-hydrogen) atoms. The smallest absolute Gasteiger partial charge is 0.264 e. The lowest BCUT2D eigenvalue weighted by atomic mass is 10.2. The maximum absolute atomic E-state index is 13.0. The van der Waals surface area contributed by atoms with Crippen LogP contribution in [0.2, 0.25) is 0 Å². The number of hydrogen-bond acceptors (Lipinski definition) is 3. The summed E-state index contributed by atoms with van der Waals surface area (Å²) in [4.78, 5) is 12.5. The largest absolute Gasteiger partial charge is 0.322 e. The minimum Gasteiger partial charge on any atom is -0.322 e. The van der Waals surface area contributed by atoms with E-state index in [-0.39, 0.29) is 16.4 Å². The summed E-state index contributed by atoms with van der Waals surface area (Å²) in [6.45, 7) is 1.90. The van der Waals surface area contributed by atoms with Crippen molar-refractivity contribution in [1.82, 2.24) is 0 Å². The van der Waals surface area contributed by atoms with E-state index in [1.807, 2.05) is 31.2 Å². The Labute approximate surface area is 159 Å². The average molecular weight is 380 g/mol. The summed E-state index contributed by atoms with van der Waals surface area (Å²) in [5.74, 6) is -0.364. The number of rotatable bonds is 5. The Morgan fingerprint density at radius 1 is 0.889 bits per heavy atom. The summed E-state index contributed by atoms with van der Waals surface area (Å²) in [6, 6.07) is 22.3. The third-order valence-corrected chi connectivity index (χ3v) is 5.93. The molecule has 6 heteroatoms. The number of nitrogens with one attached hydrogen (secondary N) is 1. The number of carbonyl (C=O) groups is 1. The number of para-hydroxylation sites is 1. The van der Waals surface area contributed by atoms with E-state index < -0.39 is 10.0 Å². The molecule has 0 unspecified atom stereocenters. The Hall–Kier alpha value is -3.12. The number of hydrogen-bond donors (Lipinski definition) is 1. The van der Waals surface area contributed by atoms with Gasteiger partial charge in [0.1, 0.15) is 0 Å². The quantitative estimate of drug-likeness (QED) is 0.725. The number of sulfonamides is 1. The van der Waals surface area contributed by atoms with E-state index in [2.05, 4.69) is 5.32 Å². The normalized spacial score (nSPS) is 11.0. The van der Waals surface area contributed by atoms with Crippen molar-refractivity contribution in [1.29, 1.82) is 0 Å². The third-order valence-electron chi connectivity index (χ3n) is 4.15. The van der Waals surface area contributed by atoms with Crippen LogP contribution in [0.1, 0.15) is 15.9 Å². The molecule has 0 aliphatic carbocycles. The van der Waals surface area contributed by atoms with Gasteiger partial charge in [-0.2, -0.15) is 0 Å². The van der Waals surface area contributed by atoms with Gasteiger partial charge in [-0.1, -0.05) is 36.4 Å². The fourth-order valence-corrected chi connectivity index (χ4v) is 3.88. The molecule has 0 fully saturated rings. The average Bonchev–Trinajstić information content (AvgIpc) is 2.68. The molecule has 0 aromatic heterocycles. The highest BCUT2D eigenvalue weighted by Gasteiger charge is 2.22. The first kappa shape index (κ1) is 18.7. The van der Waals surface area contributed by atoms with Crippen molar-refractivity contribution < 1.29 is 13.2 Å². The summed E-state index contributed by atoms with van der Waals surface area (Å²) >= 11 is 0. The van der Waals surface area contributed by atoms with Gasteiger partial charge in [-0.25, -0.2) is 8.42 Å². The number of nitrogens with zero attached hydrogens (tertiary/aromatic N) is 1. The van der Waals surface area contributed by atoms with Gasteiger partial charge in [0.15, 0.2) is 0 Å². The highest BCUT2D eigenvalue weighted by molar-refractivity contribution is 7.92. The van der Waals surface area contributed by atoms with Crippen LogP contribution in [0.25, 0.3) is 0 Å². The molecule has 0 atom stereocenters. The van der Waals surface area contributed by atoms with Crippen LogP contribution >= 0.6 is 0 Å². The monoisotopic (exact) mass is 380 g/mol. The van der Waals surface area contributed by atoms with Crippen molar-refractivity contribution in [2.75, 3.05) is 16.7 Å². The SMILES string of the molecule is Cc1cccc(N(C)S(=O)(=O)c2cccc(C(=O)Nc3ccccc3)c2)c1. The van der Waals surface area contributed by atoms with Gasteiger partial charge in [0.05, 0.1) is 10.6 Å². The van der Waals surface area contributed by atoms with Crippen LogP contribution in [0.4, 0.5) is 11.4 Å². The second-order valence-corrected chi connectivity index (χ2v) is 8.13. The molecule has 3 rings (SSSR count). The van der Waals surface area contributed by atoms with Crippen LogP contribution in [0, 0.1) is 6.92 Å². The summed E-state index contributed by atoms with van der Waals surface area (Å²) < 4.78 is 27.2. The summed E-state index contributed by atoms with van der Waals surface area (Å²) in [7, 11) is -2.28. The van der Waals surface area contributed by atoms with E-state index in [0.717, 1.165) is 5.56 Å². The molecule has 0 saturated heterocycles. The van der Waals surface area contributed by atoms with Gasteiger partial charge in [-0.05, 0) is 55.0 Å². The van der Waals surface area contributed by atoms with Gasteiger partial charge in [-0.15, -0.1) is 0 Å². The maximum Gasteiger partial charge on any atom is 0.264 e. The first-order chi connectivity index (χ1) is 12.9. The molecule has 0 aliphatic heterocycles. The van der Waals surface area contributed by atoms with E-state index in [1.54, 1.807) is 42.5 Å². The molecule has 1 amide bonds. The lowest BCUT2D eigenvalue weighted by Gasteiger charge is -2.20. The highest BCUT2D eigenvalue weighted by atomic mass is 32.2. The van der Waals surface area contributed by atoms with Crippen molar-refractivity contribution in [2.24, 2.45) is 0 Å². The van der Waals surface area contributed by atoms with Crippen molar-refractivity contribution in [2.45, 2.75) is 11.8 Å².